The second-order valence-electron chi connectivity index (χ2n) is 8.06. The maximum absolute atomic E-state index is 12.8. The molecule has 1 atom stereocenters. The van der Waals surface area contributed by atoms with Gasteiger partial charge in [0.1, 0.15) is 0 Å². The van der Waals surface area contributed by atoms with Gasteiger partial charge in [-0.2, -0.15) is 4.98 Å². The summed E-state index contributed by atoms with van der Waals surface area (Å²) in [5.74, 6) is 2.30. The summed E-state index contributed by atoms with van der Waals surface area (Å²) < 4.78 is 5.43. The van der Waals surface area contributed by atoms with Crippen molar-refractivity contribution in [1.29, 1.82) is 0 Å². The molecule has 4 rings (SSSR count). The van der Waals surface area contributed by atoms with Crippen molar-refractivity contribution in [2.24, 2.45) is 5.92 Å². The molecule has 1 amide bonds. The Morgan fingerprint density at radius 3 is 2.70 bits per heavy atom. The van der Waals surface area contributed by atoms with Crippen LogP contribution in [0, 0.1) is 5.92 Å². The minimum absolute atomic E-state index is 0.225. The summed E-state index contributed by atoms with van der Waals surface area (Å²) in [5.41, 5.74) is 1.16. The SMILES string of the molecule is O=C(CC1CCCCC1)N1CCCC1Cc1noc(Cc2ccccc2)n1. The van der Waals surface area contributed by atoms with Gasteiger partial charge in [0.2, 0.25) is 11.8 Å². The third-order valence-corrected chi connectivity index (χ3v) is 6.01. The average Bonchev–Trinajstić information content (AvgIpc) is 3.33. The van der Waals surface area contributed by atoms with E-state index in [0.717, 1.165) is 37.2 Å². The largest absolute Gasteiger partial charge is 0.339 e. The molecule has 1 aromatic heterocycles. The first kappa shape index (κ1) is 18.2. The van der Waals surface area contributed by atoms with Gasteiger partial charge in [0.05, 0.1) is 6.42 Å². The minimum atomic E-state index is 0.225. The standard InChI is InChI=1S/C22H29N3O2/c26-22(15-18-10-5-2-6-11-18)25-13-7-12-19(25)16-20-23-21(27-24-20)14-17-8-3-1-4-9-17/h1,3-4,8-9,18-19H,2,5-7,10-16H2. The van der Waals surface area contributed by atoms with Crippen LogP contribution in [0.3, 0.4) is 0 Å². The maximum atomic E-state index is 12.8. The predicted octanol–water partition coefficient (Wildman–Crippen LogP) is 4.16. The van der Waals surface area contributed by atoms with Crippen molar-refractivity contribution in [3.05, 3.63) is 47.6 Å². The number of amides is 1. The summed E-state index contributed by atoms with van der Waals surface area (Å²) in [5, 5.41) is 4.16. The van der Waals surface area contributed by atoms with Crippen molar-refractivity contribution in [2.45, 2.75) is 70.3 Å². The third-order valence-electron chi connectivity index (χ3n) is 6.01. The Hall–Kier alpha value is -2.17. The summed E-state index contributed by atoms with van der Waals surface area (Å²) in [6, 6.07) is 10.4. The van der Waals surface area contributed by atoms with Gasteiger partial charge < -0.3 is 9.42 Å². The van der Waals surface area contributed by atoms with E-state index >= 15 is 0 Å². The predicted molar refractivity (Wildman–Crippen MR) is 103 cm³/mol. The molecule has 0 bridgehead atoms. The number of benzene rings is 1. The molecule has 0 radical (unpaired) electrons. The van der Waals surface area contributed by atoms with Gasteiger partial charge in [-0.1, -0.05) is 54.8 Å². The molecule has 144 valence electrons. The molecule has 0 spiro atoms. The van der Waals surface area contributed by atoms with Crippen LogP contribution in [0.4, 0.5) is 0 Å². The zero-order chi connectivity index (χ0) is 18.5. The molecule has 1 aromatic carbocycles. The van der Waals surface area contributed by atoms with Crippen LogP contribution in [-0.4, -0.2) is 33.5 Å². The molecule has 2 fully saturated rings. The molecule has 1 aliphatic carbocycles. The Morgan fingerprint density at radius 1 is 1.07 bits per heavy atom. The number of likely N-dealkylation sites (tertiary alicyclic amines) is 1. The molecule has 27 heavy (non-hydrogen) atoms. The Bertz CT molecular complexity index is 737. The zero-order valence-corrected chi connectivity index (χ0v) is 16.0. The van der Waals surface area contributed by atoms with Crippen LogP contribution in [0.5, 0.6) is 0 Å². The van der Waals surface area contributed by atoms with Crippen LogP contribution in [0.2, 0.25) is 0 Å². The Labute approximate surface area is 161 Å². The Morgan fingerprint density at radius 2 is 1.89 bits per heavy atom. The molecule has 2 aromatic rings. The van der Waals surface area contributed by atoms with Gasteiger partial charge in [0, 0.05) is 25.4 Å². The fourth-order valence-corrected chi connectivity index (χ4v) is 4.56. The van der Waals surface area contributed by atoms with Crippen LogP contribution in [-0.2, 0) is 17.6 Å². The number of carbonyl (C=O) groups is 1. The number of rotatable bonds is 6. The first-order valence-electron chi connectivity index (χ1n) is 10.4. The number of hydrogen-bond donors (Lipinski definition) is 0. The van der Waals surface area contributed by atoms with Gasteiger partial charge >= 0.3 is 0 Å². The molecule has 1 aliphatic heterocycles. The summed E-state index contributed by atoms with van der Waals surface area (Å²) in [4.78, 5) is 19.5. The summed E-state index contributed by atoms with van der Waals surface area (Å²) in [6.07, 6.45) is 10.5. The first-order chi connectivity index (χ1) is 13.3. The third kappa shape index (κ3) is 4.76. The fourth-order valence-electron chi connectivity index (χ4n) is 4.56. The molecule has 1 saturated carbocycles. The summed E-state index contributed by atoms with van der Waals surface area (Å²) >= 11 is 0. The van der Waals surface area contributed by atoms with Crippen molar-refractivity contribution < 1.29 is 9.32 Å². The van der Waals surface area contributed by atoms with Crippen LogP contribution in [0.1, 0.15) is 68.6 Å². The average molecular weight is 367 g/mol. The minimum Gasteiger partial charge on any atom is -0.339 e. The molecular weight excluding hydrogens is 338 g/mol. The highest BCUT2D eigenvalue weighted by atomic mass is 16.5. The monoisotopic (exact) mass is 367 g/mol. The molecule has 1 unspecified atom stereocenters. The first-order valence-corrected chi connectivity index (χ1v) is 10.4. The smallest absolute Gasteiger partial charge is 0.231 e. The molecular formula is C22H29N3O2. The van der Waals surface area contributed by atoms with Crippen LogP contribution in [0.15, 0.2) is 34.9 Å². The highest BCUT2D eigenvalue weighted by Gasteiger charge is 2.31. The van der Waals surface area contributed by atoms with E-state index in [-0.39, 0.29) is 6.04 Å². The van der Waals surface area contributed by atoms with Crippen LogP contribution in [0.25, 0.3) is 0 Å². The topological polar surface area (TPSA) is 59.2 Å². The molecule has 0 N–H and O–H groups in total. The second kappa shape index (κ2) is 8.68. The van der Waals surface area contributed by atoms with Crippen molar-refractivity contribution in [2.75, 3.05) is 6.54 Å². The molecule has 5 nitrogen and oxygen atoms in total. The van der Waals surface area contributed by atoms with Crippen molar-refractivity contribution in [1.82, 2.24) is 15.0 Å². The van der Waals surface area contributed by atoms with E-state index in [1.165, 1.54) is 32.1 Å². The van der Waals surface area contributed by atoms with Gasteiger partial charge in [-0.25, -0.2) is 0 Å². The van der Waals surface area contributed by atoms with Crippen molar-refractivity contribution >= 4 is 5.91 Å². The maximum Gasteiger partial charge on any atom is 0.231 e. The van der Waals surface area contributed by atoms with E-state index in [2.05, 4.69) is 27.2 Å². The highest BCUT2D eigenvalue weighted by Crippen LogP contribution is 2.29. The quantitative estimate of drug-likeness (QED) is 0.769. The molecule has 2 heterocycles. The van der Waals surface area contributed by atoms with Gasteiger partial charge in [0.15, 0.2) is 5.82 Å². The van der Waals surface area contributed by atoms with Gasteiger partial charge in [-0.15, -0.1) is 0 Å². The fraction of sp³-hybridized carbons (Fsp3) is 0.591. The van der Waals surface area contributed by atoms with Crippen LogP contribution >= 0.6 is 0 Å². The highest BCUT2D eigenvalue weighted by molar-refractivity contribution is 5.77. The molecule has 5 heteroatoms. The summed E-state index contributed by atoms with van der Waals surface area (Å²) in [7, 11) is 0. The van der Waals surface area contributed by atoms with E-state index in [9.17, 15) is 4.79 Å². The number of carbonyl (C=O) groups excluding carboxylic acids is 1. The normalized spacial score (nSPS) is 20.9. The van der Waals surface area contributed by atoms with Crippen LogP contribution < -0.4 is 0 Å². The molecule has 1 saturated heterocycles. The van der Waals surface area contributed by atoms with E-state index in [0.29, 0.717) is 30.6 Å². The van der Waals surface area contributed by atoms with Gasteiger partial charge in [0.25, 0.3) is 0 Å². The van der Waals surface area contributed by atoms with Gasteiger partial charge in [-0.05, 0) is 37.2 Å². The number of aromatic nitrogens is 2. The number of nitrogens with zero attached hydrogens (tertiary/aromatic N) is 3. The van der Waals surface area contributed by atoms with E-state index in [4.69, 9.17) is 4.52 Å². The van der Waals surface area contributed by atoms with E-state index in [1.54, 1.807) is 0 Å². The Kier molecular flexibility index (Phi) is 5.85. The lowest BCUT2D eigenvalue weighted by Crippen LogP contribution is -2.38. The lowest BCUT2D eigenvalue weighted by Gasteiger charge is -2.27. The second-order valence-corrected chi connectivity index (χ2v) is 8.06. The van der Waals surface area contributed by atoms with Gasteiger partial charge in [-0.3, -0.25) is 4.79 Å². The van der Waals surface area contributed by atoms with Crippen molar-refractivity contribution in [3.8, 4) is 0 Å². The lowest BCUT2D eigenvalue weighted by atomic mass is 9.86. The Balaban J connectivity index is 1.33. The van der Waals surface area contributed by atoms with Crippen molar-refractivity contribution in [3.63, 3.8) is 0 Å². The van der Waals surface area contributed by atoms with E-state index < -0.39 is 0 Å². The van der Waals surface area contributed by atoms with E-state index in [1.807, 2.05) is 18.2 Å². The number of hydrogen-bond acceptors (Lipinski definition) is 4. The zero-order valence-electron chi connectivity index (χ0n) is 16.0. The summed E-state index contributed by atoms with van der Waals surface area (Å²) in [6.45, 7) is 0.880. The lowest BCUT2D eigenvalue weighted by molar-refractivity contribution is -0.133. The molecule has 2 aliphatic rings.